The van der Waals surface area contributed by atoms with Gasteiger partial charge in [-0.25, -0.2) is 4.39 Å². The van der Waals surface area contributed by atoms with Crippen molar-refractivity contribution in [3.63, 3.8) is 0 Å². The van der Waals surface area contributed by atoms with Crippen LogP contribution in [0.15, 0.2) is 41.4 Å². The lowest BCUT2D eigenvalue weighted by Crippen LogP contribution is -2.41. The Bertz CT molecular complexity index is 917. The predicted molar refractivity (Wildman–Crippen MR) is 114 cm³/mol. The van der Waals surface area contributed by atoms with E-state index in [0.29, 0.717) is 36.7 Å². The Morgan fingerprint density at radius 2 is 1.87 bits per heavy atom. The molecule has 0 unspecified atom stereocenters. The number of amides is 1. The SMILES string of the molecule is CCNC(=NCCc1ccc2c(c1)OCO2)NCCNC(=O)c1ccc(C)c(F)c1. The molecule has 7 nitrogen and oxygen atoms in total. The number of fused-ring (bicyclic) bond motifs is 1. The third kappa shape index (κ3) is 5.85. The standard InChI is InChI=1S/C22H27FN4O3/c1-3-24-22(26-9-8-16-5-7-19-20(12-16)30-14-29-19)27-11-10-25-21(28)17-6-4-15(2)18(23)13-17/h4-7,12-13H,3,8-11,14H2,1-2H3,(H,25,28)(H2,24,26,27). The molecule has 160 valence electrons. The van der Waals surface area contributed by atoms with Gasteiger partial charge >= 0.3 is 0 Å². The van der Waals surface area contributed by atoms with E-state index in [1.54, 1.807) is 19.1 Å². The van der Waals surface area contributed by atoms with E-state index in [1.165, 1.54) is 6.07 Å². The van der Waals surface area contributed by atoms with Gasteiger partial charge in [-0.1, -0.05) is 12.1 Å². The number of aliphatic imine (C=N–C) groups is 1. The summed E-state index contributed by atoms with van der Waals surface area (Å²) in [5, 5.41) is 9.13. The number of halogens is 1. The number of carbonyl (C=O) groups is 1. The van der Waals surface area contributed by atoms with Crippen LogP contribution in [0.1, 0.15) is 28.4 Å². The highest BCUT2D eigenvalue weighted by Gasteiger charge is 2.13. The number of hydrogen-bond acceptors (Lipinski definition) is 4. The first kappa shape index (κ1) is 21.4. The smallest absolute Gasteiger partial charge is 0.251 e. The summed E-state index contributed by atoms with van der Waals surface area (Å²) in [6.07, 6.45) is 0.767. The molecule has 3 rings (SSSR count). The second-order valence-electron chi connectivity index (χ2n) is 6.84. The predicted octanol–water partition coefficient (Wildman–Crippen LogP) is 2.39. The number of nitrogens with one attached hydrogen (secondary N) is 3. The lowest BCUT2D eigenvalue weighted by Gasteiger charge is -2.12. The highest BCUT2D eigenvalue weighted by molar-refractivity contribution is 5.94. The van der Waals surface area contributed by atoms with E-state index in [1.807, 2.05) is 25.1 Å². The van der Waals surface area contributed by atoms with Crippen molar-refractivity contribution in [3.05, 3.63) is 58.9 Å². The maximum absolute atomic E-state index is 13.6. The maximum Gasteiger partial charge on any atom is 0.251 e. The van der Waals surface area contributed by atoms with Gasteiger partial charge in [0, 0.05) is 31.7 Å². The molecule has 1 heterocycles. The van der Waals surface area contributed by atoms with Crippen LogP contribution in [0.5, 0.6) is 11.5 Å². The Morgan fingerprint density at radius 1 is 1.07 bits per heavy atom. The average molecular weight is 414 g/mol. The Balaban J connectivity index is 1.43. The summed E-state index contributed by atoms with van der Waals surface area (Å²) in [7, 11) is 0. The summed E-state index contributed by atoms with van der Waals surface area (Å²) < 4.78 is 24.3. The maximum atomic E-state index is 13.6. The van der Waals surface area contributed by atoms with Gasteiger partial charge in [-0.2, -0.15) is 0 Å². The zero-order chi connectivity index (χ0) is 21.3. The van der Waals surface area contributed by atoms with Crippen molar-refractivity contribution in [2.75, 3.05) is 33.0 Å². The monoisotopic (exact) mass is 414 g/mol. The van der Waals surface area contributed by atoms with Gasteiger partial charge in [0.2, 0.25) is 6.79 Å². The minimum atomic E-state index is -0.384. The van der Waals surface area contributed by atoms with E-state index in [0.717, 1.165) is 30.0 Å². The Hall–Kier alpha value is -3.29. The van der Waals surface area contributed by atoms with Crippen molar-refractivity contribution in [2.24, 2.45) is 4.99 Å². The summed E-state index contributed by atoms with van der Waals surface area (Å²) in [5.74, 6) is 1.53. The first-order chi connectivity index (χ1) is 14.6. The molecule has 0 aliphatic carbocycles. The lowest BCUT2D eigenvalue weighted by molar-refractivity contribution is 0.0954. The van der Waals surface area contributed by atoms with Crippen LogP contribution < -0.4 is 25.4 Å². The number of benzene rings is 2. The minimum Gasteiger partial charge on any atom is -0.454 e. The normalized spacial score (nSPS) is 12.6. The molecule has 8 heteroatoms. The quantitative estimate of drug-likeness (QED) is 0.351. The molecular weight excluding hydrogens is 387 g/mol. The Kier molecular flexibility index (Phi) is 7.48. The van der Waals surface area contributed by atoms with Gasteiger partial charge < -0.3 is 25.4 Å². The van der Waals surface area contributed by atoms with E-state index >= 15 is 0 Å². The fraction of sp³-hybridized carbons (Fsp3) is 0.364. The van der Waals surface area contributed by atoms with Crippen molar-refractivity contribution >= 4 is 11.9 Å². The minimum absolute atomic E-state index is 0.265. The molecule has 1 amide bonds. The van der Waals surface area contributed by atoms with Crippen LogP contribution in [0, 0.1) is 12.7 Å². The summed E-state index contributed by atoms with van der Waals surface area (Å²) in [6, 6.07) is 10.4. The second-order valence-corrected chi connectivity index (χ2v) is 6.84. The molecule has 2 aromatic rings. The number of ether oxygens (including phenoxy) is 2. The summed E-state index contributed by atoms with van der Waals surface area (Å²) in [4.78, 5) is 16.7. The Morgan fingerprint density at radius 3 is 2.67 bits per heavy atom. The van der Waals surface area contributed by atoms with Gasteiger partial charge in [-0.15, -0.1) is 0 Å². The number of guanidine groups is 1. The highest BCUT2D eigenvalue weighted by atomic mass is 19.1. The number of rotatable bonds is 8. The number of hydrogen-bond donors (Lipinski definition) is 3. The fourth-order valence-electron chi connectivity index (χ4n) is 2.93. The molecule has 0 fully saturated rings. The van der Waals surface area contributed by atoms with Gasteiger partial charge in [0.1, 0.15) is 5.82 Å². The molecule has 0 spiro atoms. The molecule has 0 saturated heterocycles. The van der Waals surface area contributed by atoms with Crippen LogP contribution in [0.25, 0.3) is 0 Å². The molecule has 0 bridgehead atoms. The van der Waals surface area contributed by atoms with Gasteiger partial charge in [-0.3, -0.25) is 9.79 Å². The van der Waals surface area contributed by atoms with Crippen molar-refractivity contribution in [3.8, 4) is 11.5 Å². The molecule has 30 heavy (non-hydrogen) atoms. The van der Waals surface area contributed by atoms with Crippen LogP contribution >= 0.6 is 0 Å². The first-order valence-corrected chi connectivity index (χ1v) is 10.0. The van der Waals surface area contributed by atoms with Gasteiger partial charge in [-0.05, 0) is 55.7 Å². The van der Waals surface area contributed by atoms with Crippen LogP contribution in [-0.4, -0.2) is 44.8 Å². The third-order valence-corrected chi connectivity index (χ3v) is 4.59. The summed E-state index contributed by atoms with van der Waals surface area (Å²) >= 11 is 0. The third-order valence-electron chi connectivity index (χ3n) is 4.59. The number of aryl methyl sites for hydroxylation is 1. The fourth-order valence-corrected chi connectivity index (χ4v) is 2.93. The largest absolute Gasteiger partial charge is 0.454 e. The molecule has 1 aliphatic rings. The molecule has 1 aliphatic heterocycles. The van der Waals surface area contributed by atoms with E-state index < -0.39 is 0 Å². The van der Waals surface area contributed by atoms with Gasteiger partial charge in [0.05, 0.1) is 0 Å². The van der Waals surface area contributed by atoms with E-state index in [2.05, 4.69) is 20.9 Å². The Labute approximate surface area is 175 Å². The van der Waals surface area contributed by atoms with Crippen LogP contribution in [0.2, 0.25) is 0 Å². The van der Waals surface area contributed by atoms with Crippen LogP contribution in [-0.2, 0) is 6.42 Å². The van der Waals surface area contributed by atoms with E-state index in [9.17, 15) is 9.18 Å². The van der Waals surface area contributed by atoms with Crippen molar-refractivity contribution in [2.45, 2.75) is 20.3 Å². The van der Waals surface area contributed by atoms with Gasteiger partial charge in [0.15, 0.2) is 17.5 Å². The molecule has 0 saturated carbocycles. The van der Waals surface area contributed by atoms with Crippen molar-refractivity contribution in [1.82, 2.24) is 16.0 Å². The van der Waals surface area contributed by atoms with Crippen LogP contribution in [0.3, 0.4) is 0 Å². The number of nitrogens with zero attached hydrogens (tertiary/aromatic N) is 1. The zero-order valence-electron chi connectivity index (χ0n) is 17.3. The lowest BCUT2D eigenvalue weighted by atomic mass is 10.1. The van der Waals surface area contributed by atoms with Crippen molar-refractivity contribution in [1.29, 1.82) is 0 Å². The van der Waals surface area contributed by atoms with Crippen LogP contribution in [0.4, 0.5) is 4.39 Å². The zero-order valence-corrected chi connectivity index (χ0v) is 17.3. The highest BCUT2D eigenvalue weighted by Crippen LogP contribution is 2.32. The topological polar surface area (TPSA) is 84.0 Å². The molecule has 0 atom stereocenters. The van der Waals surface area contributed by atoms with E-state index in [4.69, 9.17) is 9.47 Å². The first-order valence-electron chi connectivity index (χ1n) is 10.0. The van der Waals surface area contributed by atoms with Gasteiger partial charge in [0.25, 0.3) is 5.91 Å². The molecule has 0 aromatic heterocycles. The molecular formula is C22H27FN4O3. The molecule has 2 aromatic carbocycles. The molecule has 0 radical (unpaired) electrons. The number of carbonyl (C=O) groups excluding carboxylic acids is 1. The average Bonchev–Trinajstić information content (AvgIpc) is 3.21. The summed E-state index contributed by atoms with van der Waals surface area (Å²) in [5.41, 5.74) is 1.94. The van der Waals surface area contributed by atoms with Crippen molar-refractivity contribution < 1.29 is 18.7 Å². The van der Waals surface area contributed by atoms with E-state index in [-0.39, 0.29) is 18.5 Å². The summed E-state index contributed by atoms with van der Waals surface area (Å²) in [6.45, 7) is 6.13. The molecule has 3 N–H and O–H groups in total. The second kappa shape index (κ2) is 10.5.